The van der Waals surface area contributed by atoms with Gasteiger partial charge < -0.3 is 10.1 Å². The van der Waals surface area contributed by atoms with E-state index < -0.39 is 21.7 Å². The molecule has 9 heteroatoms. The third-order valence-electron chi connectivity index (χ3n) is 5.94. The highest BCUT2D eigenvalue weighted by Crippen LogP contribution is 2.37. The molecule has 0 bridgehead atoms. The van der Waals surface area contributed by atoms with Crippen LogP contribution in [0.2, 0.25) is 0 Å². The molecule has 1 N–H and O–H groups in total. The summed E-state index contributed by atoms with van der Waals surface area (Å²) in [5, 5.41) is 2.72. The number of carbonyl (C=O) groups excluding carboxylic acids is 1. The highest BCUT2D eigenvalue weighted by Gasteiger charge is 2.24. The SMILES string of the molecule is CCN(CC)S(=O)(=O)c1ccc(Oc2cc(C)ccc2C(C)C)c(NC(=O)/C=C/c2cc(Br)ccc2F)c1. The minimum absolute atomic E-state index is 0.0270. The zero-order valence-corrected chi connectivity index (χ0v) is 24.5. The molecule has 0 saturated heterocycles. The van der Waals surface area contributed by atoms with E-state index in [1.807, 2.05) is 39.0 Å². The fraction of sp³-hybridized carbons (Fsp3) is 0.276. The number of sulfonamides is 1. The smallest absolute Gasteiger partial charge is 0.248 e. The number of amides is 1. The Balaban J connectivity index is 2.04. The number of nitrogens with one attached hydrogen (secondary N) is 1. The van der Waals surface area contributed by atoms with E-state index in [-0.39, 0.29) is 27.8 Å². The van der Waals surface area contributed by atoms with E-state index in [0.717, 1.165) is 11.1 Å². The van der Waals surface area contributed by atoms with Crippen LogP contribution in [0.5, 0.6) is 11.5 Å². The first kappa shape index (κ1) is 29.5. The van der Waals surface area contributed by atoms with Crippen molar-refractivity contribution in [2.75, 3.05) is 18.4 Å². The van der Waals surface area contributed by atoms with Gasteiger partial charge in [-0.1, -0.05) is 55.8 Å². The van der Waals surface area contributed by atoms with Crippen LogP contribution in [0, 0.1) is 12.7 Å². The van der Waals surface area contributed by atoms with Crippen molar-refractivity contribution in [3.63, 3.8) is 0 Å². The Kier molecular flexibility index (Phi) is 9.87. The second-order valence-corrected chi connectivity index (χ2v) is 11.9. The molecule has 0 saturated carbocycles. The van der Waals surface area contributed by atoms with Gasteiger partial charge in [-0.3, -0.25) is 4.79 Å². The van der Waals surface area contributed by atoms with Gasteiger partial charge in [0.1, 0.15) is 11.6 Å². The van der Waals surface area contributed by atoms with Gasteiger partial charge >= 0.3 is 0 Å². The van der Waals surface area contributed by atoms with Crippen LogP contribution in [0.1, 0.15) is 50.3 Å². The van der Waals surface area contributed by atoms with E-state index >= 15 is 0 Å². The van der Waals surface area contributed by atoms with Gasteiger partial charge in [0.05, 0.1) is 10.6 Å². The summed E-state index contributed by atoms with van der Waals surface area (Å²) in [6, 6.07) is 14.7. The van der Waals surface area contributed by atoms with Gasteiger partial charge in [-0.2, -0.15) is 4.31 Å². The molecule has 3 rings (SSSR count). The quantitative estimate of drug-likeness (QED) is 0.244. The zero-order valence-electron chi connectivity index (χ0n) is 22.1. The molecule has 1 amide bonds. The van der Waals surface area contributed by atoms with E-state index in [0.29, 0.717) is 23.3 Å². The molecule has 3 aromatic carbocycles. The second-order valence-electron chi connectivity index (χ2n) is 9.03. The van der Waals surface area contributed by atoms with Crippen LogP contribution in [-0.4, -0.2) is 31.7 Å². The van der Waals surface area contributed by atoms with Crippen molar-refractivity contribution in [3.05, 3.63) is 87.7 Å². The van der Waals surface area contributed by atoms with Crippen molar-refractivity contribution >= 4 is 43.6 Å². The Labute approximate surface area is 232 Å². The lowest BCUT2D eigenvalue weighted by atomic mass is 10.0. The summed E-state index contributed by atoms with van der Waals surface area (Å²) in [7, 11) is -3.79. The predicted molar refractivity (Wildman–Crippen MR) is 154 cm³/mol. The standard InChI is InChI=1S/C29H32BrFN2O4S/c1-6-33(7-2)38(35,36)23-11-14-27(37-28-16-20(5)8-12-24(28)19(3)4)26(18-23)32-29(34)15-9-21-17-22(30)10-13-25(21)31/h8-19H,6-7H2,1-5H3,(H,32,34)/b15-9+. The topological polar surface area (TPSA) is 75.7 Å². The van der Waals surface area contributed by atoms with Crippen molar-refractivity contribution < 1.29 is 22.3 Å². The number of ether oxygens (including phenoxy) is 1. The largest absolute Gasteiger partial charge is 0.455 e. The fourth-order valence-corrected chi connectivity index (χ4v) is 5.74. The Bertz CT molecular complexity index is 1450. The zero-order chi connectivity index (χ0) is 28.0. The minimum Gasteiger partial charge on any atom is -0.455 e. The van der Waals surface area contributed by atoms with Gasteiger partial charge in [-0.15, -0.1) is 0 Å². The number of anilines is 1. The summed E-state index contributed by atoms with van der Waals surface area (Å²) in [6.45, 7) is 10.2. The third kappa shape index (κ3) is 7.09. The molecule has 3 aromatic rings. The molecule has 0 aliphatic carbocycles. The van der Waals surface area contributed by atoms with Crippen LogP contribution in [-0.2, 0) is 14.8 Å². The second kappa shape index (κ2) is 12.7. The van der Waals surface area contributed by atoms with E-state index in [1.165, 1.54) is 40.7 Å². The number of rotatable bonds is 10. The van der Waals surface area contributed by atoms with E-state index in [4.69, 9.17) is 4.74 Å². The molecule has 6 nitrogen and oxygen atoms in total. The van der Waals surface area contributed by atoms with Crippen LogP contribution < -0.4 is 10.1 Å². The first-order chi connectivity index (χ1) is 18.0. The maximum absolute atomic E-state index is 14.1. The number of halogens is 2. The van der Waals surface area contributed by atoms with E-state index in [2.05, 4.69) is 21.2 Å². The predicted octanol–water partition coefficient (Wildman–Crippen LogP) is 7.49. The van der Waals surface area contributed by atoms with Gasteiger partial charge in [0.25, 0.3) is 0 Å². The van der Waals surface area contributed by atoms with E-state index in [9.17, 15) is 17.6 Å². The Morgan fingerprint density at radius 1 is 1.05 bits per heavy atom. The Morgan fingerprint density at radius 3 is 2.42 bits per heavy atom. The van der Waals surface area contributed by atoms with Crippen LogP contribution in [0.15, 0.2) is 70.0 Å². The molecular weight excluding hydrogens is 571 g/mol. The van der Waals surface area contributed by atoms with Gasteiger partial charge in [-0.05, 0) is 72.5 Å². The molecule has 0 heterocycles. The molecule has 0 aromatic heterocycles. The van der Waals surface area contributed by atoms with E-state index in [1.54, 1.807) is 26.0 Å². The molecule has 0 aliphatic rings. The Hall–Kier alpha value is -3.01. The molecule has 0 spiro atoms. The molecular formula is C29H32BrFN2O4S. The number of benzene rings is 3. The molecule has 0 fully saturated rings. The summed E-state index contributed by atoms with van der Waals surface area (Å²) in [6.07, 6.45) is 2.54. The summed E-state index contributed by atoms with van der Waals surface area (Å²) < 4.78 is 48.7. The lowest BCUT2D eigenvalue weighted by molar-refractivity contribution is -0.111. The van der Waals surface area contributed by atoms with Gasteiger partial charge in [-0.25, -0.2) is 12.8 Å². The lowest BCUT2D eigenvalue weighted by Gasteiger charge is -2.21. The summed E-state index contributed by atoms with van der Waals surface area (Å²) in [5.41, 5.74) is 2.37. The summed E-state index contributed by atoms with van der Waals surface area (Å²) in [4.78, 5) is 12.9. The number of aryl methyl sites for hydroxylation is 1. The minimum atomic E-state index is -3.79. The number of nitrogens with zero attached hydrogens (tertiary/aromatic N) is 1. The average Bonchev–Trinajstić information content (AvgIpc) is 2.86. The van der Waals surface area contributed by atoms with Crippen molar-refractivity contribution in [2.24, 2.45) is 0 Å². The highest BCUT2D eigenvalue weighted by atomic mass is 79.9. The first-order valence-corrected chi connectivity index (χ1v) is 14.6. The van der Waals surface area contributed by atoms with Gasteiger partial charge in [0.15, 0.2) is 5.75 Å². The number of hydrogen-bond donors (Lipinski definition) is 1. The first-order valence-electron chi connectivity index (χ1n) is 12.3. The van der Waals surface area contributed by atoms with Crippen molar-refractivity contribution in [1.29, 1.82) is 0 Å². The van der Waals surface area contributed by atoms with Gasteiger partial charge in [0.2, 0.25) is 15.9 Å². The van der Waals surface area contributed by atoms with Crippen LogP contribution in [0.4, 0.5) is 10.1 Å². The molecule has 0 atom stereocenters. The van der Waals surface area contributed by atoms with Crippen LogP contribution >= 0.6 is 15.9 Å². The van der Waals surface area contributed by atoms with Crippen LogP contribution in [0.25, 0.3) is 6.08 Å². The van der Waals surface area contributed by atoms with Crippen molar-refractivity contribution in [1.82, 2.24) is 4.31 Å². The molecule has 38 heavy (non-hydrogen) atoms. The van der Waals surface area contributed by atoms with Crippen molar-refractivity contribution in [2.45, 2.75) is 45.4 Å². The maximum atomic E-state index is 14.1. The molecule has 0 radical (unpaired) electrons. The maximum Gasteiger partial charge on any atom is 0.248 e. The average molecular weight is 604 g/mol. The Morgan fingerprint density at radius 2 is 1.76 bits per heavy atom. The summed E-state index contributed by atoms with van der Waals surface area (Å²) >= 11 is 3.29. The molecule has 0 unspecified atom stereocenters. The third-order valence-corrected chi connectivity index (χ3v) is 8.47. The highest BCUT2D eigenvalue weighted by molar-refractivity contribution is 9.10. The normalized spacial score (nSPS) is 11.9. The van der Waals surface area contributed by atoms with Crippen LogP contribution in [0.3, 0.4) is 0 Å². The number of hydrogen-bond acceptors (Lipinski definition) is 4. The lowest BCUT2D eigenvalue weighted by Crippen LogP contribution is -2.30. The monoisotopic (exact) mass is 602 g/mol. The molecule has 202 valence electrons. The van der Waals surface area contributed by atoms with Crippen molar-refractivity contribution in [3.8, 4) is 11.5 Å². The summed E-state index contributed by atoms with van der Waals surface area (Å²) in [5.74, 6) is 0.0242. The fourth-order valence-electron chi connectivity index (χ4n) is 3.88. The van der Waals surface area contributed by atoms with Gasteiger partial charge in [0, 0.05) is 29.2 Å². The number of carbonyl (C=O) groups is 1. The molecule has 0 aliphatic heterocycles.